The number of hydrogen-bond donors (Lipinski definition) is 0. The van der Waals surface area contributed by atoms with Gasteiger partial charge in [-0.2, -0.15) is 0 Å². The van der Waals surface area contributed by atoms with Crippen LogP contribution in [0.5, 0.6) is 0 Å². The summed E-state index contributed by atoms with van der Waals surface area (Å²) in [5.74, 6) is 0.559. The standard InChI is InChI=1S/C21H25Si.2CH3.Hf/c1-13-10-18(11-14(13)2)20-15(3)12-17-8-7-9-19(22(5)6)16(4)21(17)20;;;/h7-10,16H,11H2,1-6H3;2*1H3;. The van der Waals surface area contributed by atoms with Crippen molar-refractivity contribution in [1.82, 2.24) is 0 Å². The second kappa shape index (κ2) is 7.19. The van der Waals surface area contributed by atoms with Gasteiger partial charge in [0.15, 0.2) is 0 Å². The molecule has 0 heterocycles. The zero-order chi connectivity index (χ0) is 18.5. The molecule has 0 aromatic carbocycles. The van der Waals surface area contributed by atoms with Crippen LogP contribution in [0.4, 0.5) is 0 Å². The monoisotopic (exact) mass is 515 g/mol. The maximum absolute atomic E-state index is 2.56. The Bertz CT molecular complexity index is 847. The van der Waals surface area contributed by atoms with Crippen LogP contribution in [0.15, 0.2) is 66.6 Å². The molecule has 25 heavy (non-hydrogen) atoms. The van der Waals surface area contributed by atoms with Gasteiger partial charge in [-0.3, -0.25) is 0 Å². The number of hydrogen-bond acceptors (Lipinski definition) is 0. The molecule has 3 rings (SSSR count). The Kier molecular flexibility index (Phi) is 5.51. The van der Waals surface area contributed by atoms with Gasteiger partial charge in [-0.15, -0.1) is 0 Å². The second-order valence-corrected chi connectivity index (χ2v) is 19.8. The quantitative estimate of drug-likeness (QED) is 0.365. The summed E-state index contributed by atoms with van der Waals surface area (Å²) < 4.78 is 6.89. The number of allylic oxidation sites excluding steroid dienone is 12. The molecule has 0 saturated carbocycles. The molecule has 0 radical (unpaired) electrons. The summed E-state index contributed by atoms with van der Waals surface area (Å²) in [5, 5.41) is 1.68. The van der Waals surface area contributed by atoms with E-state index >= 15 is 0 Å². The molecule has 0 aromatic heterocycles. The molecule has 0 aromatic rings. The first-order valence-electron chi connectivity index (χ1n) is 9.43. The normalized spacial score (nSPS) is 23.2. The molecule has 131 valence electrons. The van der Waals surface area contributed by atoms with E-state index < -0.39 is 29.8 Å². The Hall–Kier alpha value is -0.603. The molecule has 1 unspecified atom stereocenters. The van der Waals surface area contributed by atoms with Crippen LogP contribution in [0.2, 0.25) is 22.5 Å². The molecule has 3 aliphatic carbocycles. The molecule has 0 bridgehead atoms. The van der Waals surface area contributed by atoms with Crippen LogP contribution in [-0.2, 0) is 21.4 Å². The minimum atomic E-state index is -1.66. The van der Waals surface area contributed by atoms with E-state index in [2.05, 4.69) is 74.5 Å². The van der Waals surface area contributed by atoms with Crippen LogP contribution in [0, 0.1) is 5.92 Å². The molecular weight excluding hydrogens is 483 g/mol. The van der Waals surface area contributed by atoms with Crippen LogP contribution < -0.4 is 0 Å². The fraction of sp³-hybridized carbons (Fsp3) is 0.435. The number of fused-ring (bicyclic) bond motifs is 1. The van der Waals surface area contributed by atoms with E-state index in [1.807, 2.05) is 0 Å². The van der Waals surface area contributed by atoms with Crippen molar-refractivity contribution in [1.29, 1.82) is 0 Å². The minimum absolute atomic E-state index is 0.435. The van der Waals surface area contributed by atoms with Crippen molar-refractivity contribution in [2.45, 2.75) is 56.6 Å². The zero-order valence-electron chi connectivity index (χ0n) is 17.1. The molecule has 2 heteroatoms. The van der Waals surface area contributed by atoms with Gasteiger partial charge < -0.3 is 0 Å². The van der Waals surface area contributed by atoms with Gasteiger partial charge in [0.25, 0.3) is 0 Å². The molecule has 0 saturated heterocycles. The third-order valence-electron chi connectivity index (χ3n) is 5.94. The van der Waals surface area contributed by atoms with Gasteiger partial charge in [-0.1, -0.05) is 0 Å². The molecular formula is C23H31HfSi. The van der Waals surface area contributed by atoms with Crippen LogP contribution in [0.25, 0.3) is 0 Å². The van der Waals surface area contributed by atoms with Gasteiger partial charge in [-0.05, 0) is 0 Å². The van der Waals surface area contributed by atoms with Crippen molar-refractivity contribution in [3.05, 3.63) is 66.6 Å². The summed E-state index contributed by atoms with van der Waals surface area (Å²) in [7, 11) is -0.435. The molecule has 0 spiro atoms. The fourth-order valence-corrected chi connectivity index (χ4v) is 12.0. The molecule has 0 aliphatic heterocycles. The number of rotatable bonds is 2. The van der Waals surface area contributed by atoms with Crippen molar-refractivity contribution in [3.63, 3.8) is 0 Å². The average molecular weight is 514 g/mol. The molecule has 0 fully saturated rings. The van der Waals surface area contributed by atoms with E-state index in [0.717, 1.165) is 6.42 Å². The first-order chi connectivity index (χ1) is 11.7. The van der Waals surface area contributed by atoms with Gasteiger partial charge in [0.1, 0.15) is 0 Å². The Morgan fingerprint density at radius 1 is 1.12 bits per heavy atom. The second-order valence-electron chi connectivity index (χ2n) is 8.21. The van der Waals surface area contributed by atoms with E-state index in [9.17, 15) is 0 Å². The predicted molar refractivity (Wildman–Crippen MR) is 111 cm³/mol. The van der Waals surface area contributed by atoms with E-state index in [4.69, 9.17) is 0 Å². The predicted octanol–water partition coefficient (Wildman–Crippen LogP) is 6.59. The van der Waals surface area contributed by atoms with E-state index in [0.29, 0.717) is 5.92 Å². The zero-order valence-corrected chi connectivity index (χ0v) is 21.7. The van der Waals surface area contributed by atoms with Crippen molar-refractivity contribution >= 4 is 13.6 Å². The van der Waals surface area contributed by atoms with Gasteiger partial charge in [0.2, 0.25) is 0 Å². The van der Waals surface area contributed by atoms with Gasteiger partial charge in [-0.25, -0.2) is 0 Å². The van der Waals surface area contributed by atoms with Gasteiger partial charge in [0.05, 0.1) is 0 Å². The Morgan fingerprint density at radius 2 is 1.80 bits per heavy atom. The van der Waals surface area contributed by atoms with E-state index in [1.54, 1.807) is 41.9 Å². The van der Waals surface area contributed by atoms with Crippen molar-refractivity contribution in [3.8, 4) is 0 Å². The summed E-state index contributed by atoms with van der Waals surface area (Å²) in [6.07, 6.45) is 10.8. The SMILES string of the molecule is CC1=C(C)CC(C2=C3C(=CC=CC(=[Si](C)C)C3C)[C]([Hf]([CH3])[CH3])=C2C)=C1. The van der Waals surface area contributed by atoms with Crippen LogP contribution in [-0.4, -0.2) is 13.6 Å². The molecule has 0 amide bonds. The van der Waals surface area contributed by atoms with Gasteiger partial charge in [0, 0.05) is 0 Å². The summed E-state index contributed by atoms with van der Waals surface area (Å²) >= 11 is -1.66. The van der Waals surface area contributed by atoms with Crippen LogP contribution in [0.3, 0.4) is 0 Å². The average Bonchev–Trinajstić information content (AvgIpc) is 2.93. The molecule has 3 aliphatic rings. The van der Waals surface area contributed by atoms with Crippen LogP contribution >= 0.6 is 0 Å². The Labute approximate surface area is 163 Å². The summed E-state index contributed by atoms with van der Waals surface area (Å²) in [5.41, 5.74) is 11.1. The van der Waals surface area contributed by atoms with Crippen LogP contribution in [0.1, 0.15) is 34.1 Å². The summed E-state index contributed by atoms with van der Waals surface area (Å²) in [4.78, 5) is 0. The van der Waals surface area contributed by atoms with E-state index in [1.165, 1.54) is 5.57 Å². The Balaban J connectivity index is 2.25. The molecule has 0 nitrogen and oxygen atoms in total. The topological polar surface area (TPSA) is 0 Å². The van der Waals surface area contributed by atoms with Crippen molar-refractivity contribution < 1.29 is 21.4 Å². The van der Waals surface area contributed by atoms with Crippen molar-refractivity contribution in [2.75, 3.05) is 0 Å². The van der Waals surface area contributed by atoms with Crippen molar-refractivity contribution in [2.24, 2.45) is 5.92 Å². The fourth-order valence-electron chi connectivity index (χ4n) is 4.65. The first kappa shape index (κ1) is 19.2. The Morgan fingerprint density at radius 3 is 2.32 bits per heavy atom. The van der Waals surface area contributed by atoms with E-state index in [-0.39, 0.29) is 0 Å². The maximum atomic E-state index is 2.56. The summed E-state index contributed by atoms with van der Waals surface area (Å²) in [6.45, 7) is 14.3. The molecule has 1 atom stereocenters. The first-order valence-corrected chi connectivity index (χ1v) is 20.9. The molecule has 0 N–H and O–H groups in total. The summed E-state index contributed by atoms with van der Waals surface area (Å²) in [6, 6.07) is 0. The van der Waals surface area contributed by atoms with Gasteiger partial charge >= 0.3 is 164 Å². The third-order valence-corrected chi connectivity index (χ3v) is 13.6. The third kappa shape index (κ3) is 3.25.